The molecule has 1 N–H and O–H groups in total. The first kappa shape index (κ1) is 48.7. The van der Waals surface area contributed by atoms with Crippen molar-refractivity contribution in [1.82, 2.24) is 4.90 Å². The number of esters is 1. The Morgan fingerprint density at radius 1 is 0.983 bits per heavy atom. The first-order chi connectivity index (χ1) is 27.2. The van der Waals surface area contributed by atoms with Crippen molar-refractivity contribution >= 4 is 43.4 Å². The second kappa shape index (κ2) is 21.2. The molecule has 2 saturated heterocycles. The summed E-state index contributed by atoms with van der Waals surface area (Å²) in [6, 6.07) is -1.03. The molecule has 2 bridgehead atoms. The molecule has 0 aromatic carbocycles. The third-order valence-corrected chi connectivity index (χ3v) is 14.4. The smallest absolute Gasteiger partial charge is 0.329 e. The minimum atomic E-state index is -2.46. The Labute approximate surface area is 354 Å². The number of piperidine rings is 1. The first-order valence-corrected chi connectivity index (χ1v) is 25.8. The summed E-state index contributed by atoms with van der Waals surface area (Å²) in [5.74, 6) is -5.99. The maximum absolute atomic E-state index is 14.4. The van der Waals surface area contributed by atoms with Gasteiger partial charge in [0.15, 0.2) is 8.32 Å². The Kier molecular flexibility index (Phi) is 17.8. The van der Waals surface area contributed by atoms with Crippen molar-refractivity contribution in [2.45, 2.75) is 186 Å². The van der Waals surface area contributed by atoms with E-state index in [1.54, 1.807) is 21.1 Å². The number of hydrogen-bond donors (Lipinski definition) is 1. The van der Waals surface area contributed by atoms with Crippen LogP contribution >= 0.6 is 11.6 Å². The number of carbonyl (C=O) groups is 4. The Hall–Kier alpha value is -1.93. The Morgan fingerprint density at radius 2 is 1.66 bits per heavy atom. The zero-order valence-corrected chi connectivity index (χ0v) is 39.0. The van der Waals surface area contributed by atoms with Crippen LogP contribution in [0, 0.1) is 29.6 Å². The molecule has 330 valence electrons. The van der Waals surface area contributed by atoms with Crippen LogP contribution in [0.4, 0.5) is 0 Å². The number of halogens is 1. The van der Waals surface area contributed by atoms with Crippen LogP contribution in [0.1, 0.15) is 119 Å². The Bertz CT molecular complexity index is 1500. The molecule has 3 heterocycles. The van der Waals surface area contributed by atoms with E-state index in [4.69, 9.17) is 35.0 Å². The summed E-state index contributed by atoms with van der Waals surface area (Å²) >= 11 is 6.77. The molecule has 13 unspecified atom stereocenters. The molecule has 4 aliphatic rings. The number of ether oxygens (including phenoxy) is 4. The van der Waals surface area contributed by atoms with Crippen molar-refractivity contribution in [3.8, 4) is 0 Å². The van der Waals surface area contributed by atoms with Crippen molar-refractivity contribution in [3.63, 3.8) is 0 Å². The number of methoxy groups -OCH3 is 2. The van der Waals surface area contributed by atoms with Gasteiger partial charge in [0.05, 0.1) is 23.7 Å². The summed E-state index contributed by atoms with van der Waals surface area (Å²) in [6.07, 6.45) is 8.59. The van der Waals surface area contributed by atoms with Crippen LogP contribution in [-0.2, 0) is 42.6 Å². The third-order valence-electron chi connectivity index (χ3n) is 12.9. The molecule has 3 aliphatic heterocycles. The van der Waals surface area contributed by atoms with E-state index in [-0.39, 0.29) is 53.9 Å². The number of Topliss-reactive ketones (excluding diaryl/α,β-unsaturated/α-hetero) is 2. The zero-order chi connectivity index (χ0) is 43.1. The van der Waals surface area contributed by atoms with Crippen LogP contribution in [0.2, 0.25) is 19.6 Å². The predicted octanol–water partition coefficient (Wildman–Crippen LogP) is 7.95. The number of allylic oxidation sites excluding steroid dienone is 3. The van der Waals surface area contributed by atoms with Gasteiger partial charge in [-0.15, -0.1) is 11.6 Å². The van der Waals surface area contributed by atoms with Gasteiger partial charge < -0.3 is 33.4 Å². The molecule has 0 aromatic heterocycles. The average Bonchev–Trinajstić information content (AvgIpc) is 3.17. The molecule has 1 saturated carbocycles. The SMILES string of the molecule is CCC1C=C(C)CC(C)CC(OC)C2OC(O)(C(=O)C(=O)N3CCCCC3C(=O)OC(C(C)=CC3CCC(Cl)C(O[Si](C)(C)C)C3)C(C)CCC1=O)C(C)CC2OC. The molecule has 58 heavy (non-hydrogen) atoms. The van der Waals surface area contributed by atoms with E-state index in [0.29, 0.717) is 51.4 Å². The summed E-state index contributed by atoms with van der Waals surface area (Å²) in [4.78, 5) is 58.0. The Balaban J connectivity index is 1.73. The van der Waals surface area contributed by atoms with Gasteiger partial charge in [-0.25, -0.2) is 4.79 Å². The van der Waals surface area contributed by atoms with Gasteiger partial charge >= 0.3 is 5.97 Å². The number of ketones is 2. The first-order valence-electron chi connectivity index (χ1n) is 21.9. The summed E-state index contributed by atoms with van der Waals surface area (Å²) in [7, 11) is 1.27. The summed E-state index contributed by atoms with van der Waals surface area (Å²) in [6.45, 7) is 18.5. The van der Waals surface area contributed by atoms with Crippen LogP contribution in [0.25, 0.3) is 0 Å². The molecule has 13 heteroatoms. The normalized spacial score (nSPS) is 38.7. The van der Waals surface area contributed by atoms with Gasteiger partial charge in [0.2, 0.25) is 5.79 Å². The number of rotatable bonds is 7. The summed E-state index contributed by atoms with van der Waals surface area (Å²) < 4.78 is 31.0. The monoisotopic (exact) mass is 851 g/mol. The number of aliphatic hydroxyl groups is 1. The fraction of sp³-hybridized carbons (Fsp3) is 0.822. The lowest BCUT2D eigenvalue weighted by atomic mass is 9.82. The highest BCUT2D eigenvalue weighted by Crippen LogP contribution is 2.39. The van der Waals surface area contributed by atoms with E-state index in [1.165, 1.54) is 4.90 Å². The summed E-state index contributed by atoms with van der Waals surface area (Å²) in [5.41, 5.74) is 1.97. The van der Waals surface area contributed by atoms with E-state index >= 15 is 0 Å². The van der Waals surface area contributed by atoms with E-state index in [2.05, 4.69) is 38.7 Å². The molecule has 1 amide bonds. The molecule has 0 radical (unpaired) electrons. The topological polar surface area (TPSA) is 138 Å². The molecular weight excluding hydrogens is 778 g/mol. The maximum Gasteiger partial charge on any atom is 0.329 e. The average molecular weight is 853 g/mol. The van der Waals surface area contributed by atoms with Crippen LogP contribution in [-0.4, -0.2) is 110 Å². The second-order valence-corrected chi connectivity index (χ2v) is 24.0. The highest BCUT2D eigenvalue weighted by molar-refractivity contribution is 6.69. The van der Waals surface area contributed by atoms with Gasteiger partial charge in [-0.05, 0) is 127 Å². The lowest BCUT2D eigenvalue weighted by Crippen LogP contribution is -2.64. The zero-order valence-electron chi connectivity index (χ0n) is 37.2. The maximum atomic E-state index is 14.4. The molecule has 1 aliphatic carbocycles. The molecule has 11 nitrogen and oxygen atoms in total. The second-order valence-electron chi connectivity index (χ2n) is 19.0. The van der Waals surface area contributed by atoms with Gasteiger partial charge in [-0.3, -0.25) is 14.4 Å². The van der Waals surface area contributed by atoms with Gasteiger partial charge in [0, 0.05) is 39.0 Å². The minimum Gasteiger partial charge on any atom is -0.456 e. The number of cyclic esters (lactones) is 1. The van der Waals surface area contributed by atoms with Crippen molar-refractivity contribution in [3.05, 3.63) is 23.3 Å². The largest absolute Gasteiger partial charge is 0.456 e. The van der Waals surface area contributed by atoms with E-state index < -0.39 is 68.1 Å². The number of fused-ring (bicyclic) bond motifs is 3. The van der Waals surface area contributed by atoms with E-state index in [1.807, 2.05) is 27.7 Å². The lowest BCUT2D eigenvalue weighted by molar-refractivity contribution is -0.302. The minimum absolute atomic E-state index is 0.0627. The predicted molar refractivity (Wildman–Crippen MR) is 228 cm³/mol. The number of hydrogen-bond acceptors (Lipinski definition) is 10. The Morgan fingerprint density at radius 3 is 2.29 bits per heavy atom. The standard InChI is InChI=1S/C45H74ClNO10Si/c1-12-33-22-27(2)21-28(3)23-38(53-7)41-39(54-8)25-31(6)45(52,56-41)42(49)43(50)47-20-14-13-15-35(47)44(51)55-40(29(4)16-19-36(33)48)30(5)24-32-17-18-34(46)37(26-32)57-58(9,10)11/h22,24,28-29,31-35,37-41,52H,12-21,23,25-26H2,1-11H3. The number of nitrogens with zero attached hydrogens (tertiary/aromatic N) is 1. The van der Waals surface area contributed by atoms with E-state index in [0.717, 1.165) is 30.4 Å². The van der Waals surface area contributed by atoms with Crippen molar-refractivity contribution < 1.29 is 47.7 Å². The third kappa shape index (κ3) is 12.3. The number of amides is 1. The highest BCUT2D eigenvalue weighted by atomic mass is 35.5. The van der Waals surface area contributed by atoms with Crippen LogP contribution in [0.5, 0.6) is 0 Å². The molecule has 13 atom stereocenters. The number of carbonyl (C=O) groups excluding carboxylic acids is 4. The molecule has 0 aromatic rings. The lowest BCUT2D eigenvalue weighted by Gasteiger charge is -2.47. The van der Waals surface area contributed by atoms with Crippen LogP contribution in [0.3, 0.4) is 0 Å². The fourth-order valence-corrected chi connectivity index (χ4v) is 11.2. The van der Waals surface area contributed by atoms with Crippen LogP contribution < -0.4 is 0 Å². The highest BCUT2D eigenvalue weighted by Gasteiger charge is 2.56. The quantitative estimate of drug-likeness (QED) is 0.0884. The van der Waals surface area contributed by atoms with Crippen molar-refractivity contribution in [2.75, 3.05) is 20.8 Å². The van der Waals surface area contributed by atoms with Gasteiger partial charge in [0.25, 0.3) is 11.7 Å². The van der Waals surface area contributed by atoms with Gasteiger partial charge in [-0.2, -0.15) is 0 Å². The molecule has 0 spiro atoms. The molecule has 4 rings (SSSR count). The fourth-order valence-electron chi connectivity index (χ4n) is 9.70. The number of alkyl halides is 1. The molecule has 3 fully saturated rings. The van der Waals surface area contributed by atoms with E-state index in [9.17, 15) is 24.3 Å². The van der Waals surface area contributed by atoms with Crippen molar-refractivity contribution in [2.24, 2.45) is 29.6 Å². The van der Waals surface area contributed by atoms with Crippen LogP contribution in [0.15, 0.2) is 23.3 Å². The summed E-state index contributed by atoms with van der Waals surface area (Å²) in [5, 5.41) is 12.0. The van der Waals surface area contributed by atoms with Gasteiger partial charge in [-0.1, -0.05) is 45.4 Å². The van der Waals surface area contributed by atoms with Gasteiger partial charge in [0.1, 0.15) is 24.0 Å². The van der Waals surface area contributed by atoms with Crippen molar-refractivity contribution in [1.29, 1.82) is 0 Å². The molecular formula is C45H74ClNO10Si.